The van der Waals surface area contributed by atoms with Gasteiger partial charge in [0.15, 0.2) is 0 Å². The fourth-order valence-corrected chi connectivity index (χ4v) is 3.50. The van der Waals surface area contributed by atoms with Crippen LogP contribution in [0.3, 0.4) is 0 Å². The van der Waals surface area contributed by atoms with Crippen LogP contribution in [0.1, 0.15) is 40.0 Å². The number of esters is 1. The second-order valence-electron chi connectivity index (χ2n) is 8.06. The molecule has 1 aliphatic rings. The zero-order chi connectivity index (χ0) is 25.0. The Morgan fingerprint density at radius 3 is 2.42 bits per heavy atom. The van der Waals surface area contributed by atoms with Gasteiger partial charge in [-0.15, -0.1) is 0 Å². The average Bonchev–Trinajstić information content (AvgIpc) is 2.76. The number of thiol groups is 2. The van der Waals surface area contributed by atoms with Gasteiger partial charge in [-0.3, -0.25) is 19.7 Å². The molecule has 1 heterocycles. The molecule has 0 aromatic rings. The molecule has 0 aromatic carbocycles. The Balaban J connectivity index is 3.20. The lowest BCUT2D eigenvalue weighted by atomic mass is 10.0. The third-order valence-corrected chi connectivity index (χ3v) is 5.64. The van der Waals surface area contributed by atoms with Crippen LogP contribution in [0.15, 0.2) is 12.2 Å². The first-order valence-corrected chi connectivity index (χ1v) is 12.3. The second kappa shape index (κ2) is 15.2. The van der Waals surface area contributed by atoms with Crippen molar-refractivity contribution in [2.24, 2.45) is 5.92 Å². The number of aliphatic hydroxyl groups excluding tert-OH is 1. The van der Waals surface area contributed by atoms with Crippen molar-refractivity contribution in [1.29, 1.82) is 0 Å². The molecular formula is C21H36N4O6S2. The molecule has 188 valence electrons. The van der Waals surface area contributed by atoms with E-state index < -0.39 is 54.1 Å². The van der Waals surface area contributed by atoms with E-state index in [1.807, 2.05) is 0 Å². The first-order valence-electron chi connectivity index (χ1n) is 11.0. The van der Waals surface area contributed by atoms with Crippen LogP contribution < -0.4 is 21.3 Å². The molecule has 5 atom stereocenters. The van der Waals surface area contributed by atoms with Gasteiger partial charge < -0.3 is 25.8 Å². The van der Waals surface area contributed by atoms with Crippen LogP contribution in [0.25, 0.3) is 0 Å². The molecule has 0 aromatic heterocycles. The Morgan fingerprint density at radius 2 is 1.85 bits per heavy atom. The summed E-state index contributed by atoms with van der Waals surface area (Å²) < 4.78 is 5.54. The van der Waals surface area contributed by atoms with E-state index >= 15 is 0 Å². The minimum atomic E-state index is -1.28. The highest BCUT2D eigenvalue weighted by molar-refractivity contribution is 7.80. The molecule has 1 rings (SSSR count). The maximum absolute atomic E-state index is 12.9. The lowest BCUT2D eigenvalue weighted by Gasteiger charge is -2.29. The molecule has 12 heteroatoms. The van der Waals surface area contributed by atoms with Crippen LogP contribution in [0.2, 0.25) is 0 Å². The minimum absolute atomic E-state index is 0.0882. The molecule has 1 saturated heterocycles. The predicted octanol–water partition coefficient (Wildman–Crippen LogP) is -0.464. The number of amides is 3. The average molecular weight is 505 g/mol. The fraction of sp³-hybridized carbons (Fsp3) is 0.714. The smallest absolute Gasteiger partial charge is 0.329 e. The Bertz CT molecular complexity index is 706. The maximum Gasteiger partial charge on any atom is 0.329 e. The summed E-state index contributed by atoms with van der Waals surface area (Å²) in [5.41, 5.74) is 0. The second-order valence-corrected chi connectivity index (χ2v) is 8.87. The van der Waals surface area contributed by atoms with Gasteiger partial charge in [0.05, 0.1) is 25.0 Å². The van der Waals surface area contributed by atoms with Crippen LogP contribution in [0.4, 0.5) is 0 Å². The van der Waals surface area contributed by atoms with Crippen LogP contribution in [0.5, 0.6) is 0 Å². The summed E-state index contributed by atoms with van der Waals surface area (Å²) in [6.45, 7) is 4.94. The molecule has 0 aliphatic carbocycles. The number of nitrogens with one attached hydrogen (secondary N) is 4. The molecule has 0 radical (unpaired) electrons. The van der Waals surface area contributed by atoms with Crippen molar-refractivity contribution in [1.82, 2.24) is 21.3 Å². The summed E-state index contributed by atoms with van der Waals surface area (Å²) in [6.07, 6.45) is 1.93. The molecule has 3 amide bonds. The quantitative estimate of drug-likeness (QED) is 0.147. The molecule has 1 aliphatic heterocycles. The third-order valence-electron chi connectivity index (χ3n) is 4.99. The standard InChI is InChI=1S/C21H36N4O6S2/c1-4-14-19(28)25-18(12(2)3)21(30)31-13(7-5-6-8-32)9-16(26)22-10-17(27)23-15(11-33)20(29)24-14/h5,7,12-15,18,20,24,29,32-33H,4,6,8-11H2,1-3H3,(H,22,26)(H,23,27)(H,25,28)/t13-,14?,15-,18+,20?/m1/s1. The van der Waals surface area contributed by atoms with Gasteiger partial charge >= 0.3 is 5.97 Å². The summed E-state index contributed by atoms with van der Waals surface area (Å²) in [5.74, 6) is -1.83. The number of aliphatic hydroxyl groups is 1. The van der Waals surface area contributed by atoms with Crippen LogP contribution in [-0.2, 0) is 23.9 Å². The SMILES string of the molecule is CCC1NC(O)[C@@H](CS)NC(=O)CNC(=O)C[C@@H](C=CCCS)OC(=O)[C@H](C(C)C)NC1=O. The number of cyclic esters (lactones) is 1. The Kier molecular flexibility index (Phi) is 13.5. The summed E-state index contributed by atoms with van der Waals surface area (Å²) >= 11 is 8.29. The Morgan fingerprint density at radius 1 is 1.15 bits per heavy atom. The summed E-state index contributed by atoms with van der Waals surface area (Å²) in [5, 5.41) is 21.0. The minimum Gasteiger partial charge on any atom is -0.456 e. The molecule has 0 spiro atoms. The van der Waals surface area contributed by atoms with Crippen LogP contribution >= 0.6 is 25.3 Å². The predicted molar refractivity (Wildman–Crippen MR) is 131 cm³/mol. The van der Waals surface area contributed by atoms with Crippen molar-refractivity contribution in [2.45, 2.75) is 70.5 Å². The zero-order valence-electron chi connectivity index (χ0n) is 19.2. The molecule has 1 fully saturated rings. The van der Waals surface area contributed by atoms with Gasteiger partial charge in [-0.1, -0.05) is 26.8 Å². The fourth-order valence-electron chi connectivity index (χ4n) is 3.06. The summed E-state index contributed by atoms with van der Waals surface area (Å²) in [6, 6.07) is -2.59. The van der Waals surface area contributed by atoms with E-state index in [9.17, 15) is 24.3 Å². The number of hydrogen-bond donors (Lipinski definition) is 7. The number of rotatable bonds is 6. The highest BCUT2D eigenvalue weighted by Gasteiger charge is 2.32. The van der Waals surface area contributed by atoms with Crippen molar-refractivity contribution < 1.29 is 29.0 Å². The first kappa shape index (κ1) is 29.3. The first-order chi connectivity index (χ1) is 15.6. The van der Waals surface area contributed by atoms with E-state index in [1.54, 1.807) is 32.9 Å². The van der Waals surface area contributed by atoms with Gasteiger partial charge in [-0.05, 0) is 30.6 Å². The molecule has 0 bridgehead atoms. The van der Waals surface area contributed by atoms with Gasteiger partial charge in [0.2, 0.25) is 17.7 Å². The number of allylic oxidation sites excluding steroid dienone is 1. The normalized spacial score (nSPS) is 28.9. The lowest BCUT2D eigenvalue weighted by molar-refractivity contribution is -0.153. The van der Waals surface area contributed by atoms with Crippen molar-refractivity contribution in [3.63, 3.8) is 0 Å². The lowest BCUT2D eigenvalue weighted by Crippen LogP contribution is -2.59. The van der Waals surface area contributed by atoms with E-state index in [4.69, 9.17) is 4.74 Å². The van der Waals surface area contributed by atoms with Gasteiger partial charge in [0.1, 0.15) is 18.4 Å². The molecule has 0 saturated carbocycles. The highest BCUT2D eigenvalue weighted by Crippen LogP contribution is 2.11. The van der Waals surface area contributed by atoms with Crippen molar-refractivity contribution in [3.05, 3.63) is 12.2 Å². The van der Waals surface area contributed by atoms with E-state index in [-0.39, 0.29) is 24.6 Å². The van der Waals surface area contributed by atoms with Crippen molar-refractivity contribution in [2.75, 3.05) is 18.1 Å². The van der Waals surface area contributed by atoms with E-state index in [0.717, 1.165) is 0 Å². The molecule has 10 nitrogen and oxygen atoms in total. The molecular weight excluding hydrogens is 468 g/mol. The Labute approximate surface area is 205 Å². The molecule has 5 N–H and O–H groups in total. The van der Waals surface area contributed by atoms with Gasteiger partial charge in [-0.2, -0.15) is 25.3 Å². The van der Waals surface area contributed by atoms with Crippen LogP contribution in [0, 0.1) is 5.92 Å². The zero-order valence-corrected chi connectivity index (χ0v) is 21.0. The van der Waals surface area contributed by atoms with Crippen molar-refractivity contribution >= 4 is 48.9 Å². The number of carbonyl (C=O) groups is 4. The summed E-state index contributed by atoms with van der Waals surface area (Å²) in [4.78, 5) is 50.3. The van der Waals surface area contributed by atoms with Gasteiger partial charge in [0.25, 0.3) is 0 Å². The van der Waals surface area contributed by atoms with E-state index in [2.05, 4.69) is 46.5 Å². The number of carbonyl (C=O) groups excluding carboxylic acids is 4. The highest BCUT2D eigenvalue weighted by atomic mass is 32.1. The topological polar surface area (TPSA) is 146 Å². The molecule has 2 unspecified atom stereocenters. The number of ether oxygens (including phenoxy) is 1. The maximum atomic E-state index is 12.9. The van der Waals surface area contributed by atoms with Gasteiger partial charge in [0, 0.05) is 5.75 Å². The Hall–Kier alpha value is -1.76. The number of hydrogen-bond acceptors (Lipinski definition) is 9. The third kappa shape index (κ3) is 10.4. The monoisotopic (exact) mass is 504 g/mol. The van der Waals surface area contributed by atoms with Crippen molar-refractivity contribution in [3.8, 4) is 0 Å². The largest absolute Gasteiger partial charge is 0.456 e. The molecule has 33 heavy (non-hydrogen) atoms. The van der Waals surface area contributed by atoms with Crippen LogP contribution in [-0.4, -0.2) is 77.3 Å². The van der Waals surface area contributed by atoms with E-state index in [0.29, 0.717) is 18.6 Å². The van der Waals surface area contributed by atoms with Gasteiger partial charge in [-0.25, -0.2) is 4.79 Å². The summed E-state index contributed by atoms with van der Waals surface area (Å²) in [7, 11) is 0. The van der Waals surface area contributed by atoms with E-state index in [1.165, 1.54) is 0 Å².